The largest absolute Gasteiger partial charge is 0.313 e. The molecule has 0 saturated heterocycles. The summed E-state index contributed by atoms with van der Waals surface area (Å²) in [4.78, 5) is 0. The van der Waals surface area contributed by atoms with Crippen LogP contribution in [-0.4, -0.2) is 7.05 Å². The lowest BCUT2D eigenvalue weighted by atomic mass is 9.88. The van der Waals surface area contributed by atoms with Gasteiger partial charge in [0.15, 0.2) is 0 Å². The van der Waals surface area contributed by atoms with Crippen LogP contribution < -0.4 is 5.32 Å². The second kappa shape index (κ2) is 5.68. The fourth-order valence-corrected chi connectivity index (χ4v) is 3.42. The molecule has 1 aliphatic carbocycles. The minimum atomic E-state index is 0.575. The van der Waals surface area contributed by atoms with Gasteiger partial charge in [0.05, 0.1) is 0 Å². The van der Waals surface area contributed by atoms with Crippen LogP contribution in [0.25, 0.3) is 0 Å². The van der Waals surface area contributed by atoms with Crippen molar-refractivity contribution < 1.29 is 0 Å². The summed E-state index contributed by atoms with van der Waals surface area (Å²) >= 11 is 0. The van der Waals surface area contributed by atoms with E-state index < -0.39 is 0 Å². The molecular weight excluding hydrogens is 206 g/mol. The minimum absolute atomic E-state index is 0.575. The van der Waals surface area contributed by atoms with E-state index in [1.54, 1.807) is 5.56 Å². The molecule has 0 radical (unpaired) electrons. The van der Waals surface area contributed by atoms with E-state index in [9.17, 15) is 0 Å². The SMILES string of the molecule is CCCC(C)CC1Cc2ccccc2C1NC. The van der Waals surface area contributed by atoms with Crippen molar-refractivity contribution in [2.45, 2.75) is 45.6 Å². The van der Waals surface area contributed by atoms with Gasteiger partial charge >= 0.3 is 0 Å². The molecule has 2 rings (SSSR count). The van der Waals surface area contributed by atoms with Crippen LogP contribution in [0.5, 0.6) is 0 Å². The molecule has 0 spiro atoms. The highest BCUT2D eigenvalue weighted by Gasteiger charge is 2.31. The van der Waals surface area contributed by atoms with Crippen LogP contribution in [-0.2, 0) is 6.42 Å². The normalized spacial score (nSPS) is 24.6. The molecule has 1 aliphatic rings. The Bertz CT molecular complexity index is 358. The quantitative estimate of drug-likeness (QED) is 0.809. The van der Waals surface area contributed by atoms with Crippen molar-refractivity contribution in [3.8, 4) is 0 Å². The van der Waals surface area contributed by atoms with Crippen molar-refractivity contribution >= 4 is 0 Å². The molecule has 17 heavy (non-hydrogen) atoms. The molecule has 3 atom stereocenters. The highest BCUT2D eigenvalue weighted by molar-refractivity contribution is 5.35. The van der Waals surface area contributed by atoms with Gasteiger partial charge in [0, 0.05) is 6.04 Å². The zero-order valence-electron chi connectivity index (χ0n) is 11.4. The molecule has 94 valence electrons. The Morgan fingerprint density at radius 3 is 2.82 bits per heavy atom. The van der Waals surface area contributed by atoms with Crippen LogP contribution in [0.1, 0.15) is 50.3 Å². The average Bonchev–Trinajstić information content (AvgIpc) is 2.66. The first-order chi connectivity index (χ1) is 8.26. The van der Waals surface area contributed by atoms with Crippen molar-refractivity contribution in [1.82, 2.24) is 5.32 Å². The molecule has 1 aromatic carbocycles. The molecule has 1 heteroatoms. The number of benzene rings is 1. The summed E-state index contributed by atoms with van der Waals surface area (Å²) in [6.07, 6.45) is 5.29. The first-order valence-electron chi connectivity index (χ1n) is 7.01. The average molecular weight is 231 g/mol. The van der Waals surface area contributed by atoms with E-state index in [-0.39, 0.29) is 0 Å². The van der Waals surface area contributed by atoms with Crippen LogP contribution in [0.2, 0.25) is 0 Å². The van der Waals surface area contributed by atoms with Gasteiger partial charge in [0.1, 0.15) is 0 Å². The second-order valence-corrected chi connectivity index (χ2v) is 5.56. The van der Waals surface area contributed by atoms with Gasteiger partial charge < -0.3 is 5.32 Å². The predicted molar refractivity (Wildman–Crippen MR) is 74.1 cm³/mol. The third kappa shape index (κ3) is 2.71. The van der Waals surface area contributed by atoms with E-state index in [0.29, 0.717) is 6.04 Å². The Morgan fingerprint density at radius 1 is 1.35 bits per heavy atom. The molecule has 0 aromatic heterocycles. The summed E-state index contributed by atoms with van der Waals surface area (Å²) in [5, 5.41) is 3.52. The van der Waals surface area contributed by atoms with Gasteiger partial charge in [-0.1, -0.05) is 51.0 Å². The van der Waals surface area contributed by atoms with Crippen LogP contribution in [0.4, 0.5) is 0 Å². The van der Waals surface area contributed by atoms with E-state index in [1.165, 1.54) is 31.2 Å². The van der Waals surface area contributed by atoms with Gasteiger partial charge in [-0.25, -0.2) is 0 Å². The Balaban J connectivity index is 2.07. The molecule has 1 nitrogen and oxygen atoms in total. The topological polar surface area (TPSA) is 12.0 Å². The van der Waals surface area contributed by atoms with Crippen LogP contribution in [0, 0.1) is 11.8 Å². The summed E-state index contributed by atoms with van der Waals surface area (Å²) < 4.78 is 0. The van der Waals surface area contributed by atoms with Crippen molar-refractivity contribution in [1.29, 1.82) is 0 Å². The van der Waals surface area contributed by atoms with Gasteiger partial charge in [-0.2, -0.15) is 0 Å². The molecule has 0 fully saturated rings. The third-order valence-corrected chi connectivity index (χ3v) is 4.14. The minimum Gasteiger partial charge on any atom is -0.313 e. The third-order valence-electron chi connectivity index (χ3n) is 4.14. The zero-order valence-corrected chi connectivity index (χ0v) is 11.4. The van der Waals surface area contributed by atoms with E-state index in [2.05, 4.69) is 50.5 Å². The first-order valence-corrected chi connectivity index (χ1v) is 7.01. The Hall–Kier alpha value is -0.820. The molecule has 0 amide bonds. The molecule has 0 heterocycles. The predicted octanol–water partition coefficient (Wildman–Crippen LogP) is 3.95. The fraction of sp³-hybridized carbons (Fsp3) is 0.625. The number of nitrogens with one attached hydrogen (secondary N) is 1. The number of fused-ring (bicyclic) bond motifs is 1. The Labute approximate surface area is 106 Å². The maximum Gasteiger partial charge on any atom is 0.0352 e. The van der Waals surface area contributed by atoms with E-state index >= 15 is 0 Å². The summed E-state index contributed by atoms with van der Waals surface area (Å²) in [6, 6.07) is 9.50. The maximum absolute atomic E-state index is 3.52. The first kappa shape index (κ1) is 12.6. The fourth-order valence-electron chi connectivity index (χ4n) is 3.42. The molecule has 1 aromatic rings. The molecule has 1 N–H and O–H groups in total. The summed E-state index contributed by atoms with van der Waals surface area (Å²) in [7, 11) is 2.10. The maximum atomic E-state index is 3.52. The monoisotopic (exact) mass is 231 g/mol. The van der Waals surface area contributed by atoms with Gasteiger partial charge in [0.2, 0.25) is 0 Å². The second-order valence-electron chi connectivity index (χ2n) is 5.56. The lowest BCUT2D eigenvalue weighted by Crippen LogP contribution is -2.23. The standard InChI is InChI=1S/C16H25N/c1-4-7-12(2)10-14-11-13-8-5-6-9-15(13)16(14)17-3/h5-6,8-9,12,14,16-17H,4,7,10-11H2,1-3H3. The molecule has 3 unspecified atom stereocenters. The van der Waals surface area contributed by atoms with Gasteiger partial charge in [0.25, 0.3) is 0 Å². The van der Waals surface area contributed by atoms with Gasteiger partial charge in [-0.3, -0.25) is 0 Å². The van der Waals surface area contributed by atoms with Crippen LogP contribution in [0.3, 0.4) is 0 Å². The Kier molecular flexibility index (Phi) is 4.22. The van der Waals surface area contributed by atoms with Crippen molar-refractivity contribution in [3.63, 3.8) is 0 Å². The van der Waals surface area contributed by atoms with E-state index in [1.807, 2.05) is 0 Å². The lowest BCUT2D eigenvalue weighted by molar-refractivity contribution is 0.319. The Morgan fingerprint density at radius 2 is 2.12 bits per heavy atom. The molecule has 0 saturated carbocycles. The van der Waals surface area contributed by atoms with E-state index in [4.69, 9.17) is 0 Å². The summed E-state index contributed by atoms with van der Waals surface area (Å²) in [5.74, 6) is 1.65. The number of hydrogen-bond acceptors (Lipinski definition) is 1. The molecule has 0 aliphatic heterocycles. The van der Waals surface area contributed by atoms with Crippen molar-refractivity contribution in [3.05, 3.63) is 35.4 Å². The number of hydrogen-bond donors (Lipinski definition) is 1. The van der Waals surface area contributed by atoms with Crippen molar-refractivity contribution in [2.24, 2.45) is 11.8 Å². The summed E-state index contributed by atoms with van der Waals surface area (Å²) in [5.41, 5.74) is 3.09. The molecule has 0 bridgehead atoms. The summed E-state index contributed by atoms with van der Waals surface area (Å²) in [6.45, 7) is 4.69. The van der Waals surface area contributed by atoms with Gasteiger partial charge in [-0.05, 0) is 42.9 Å². The highest BCUT2D eigenvalue weighted by Crippen LogP contribution is 2.39. The van der Waals surface area contributed by atoms with Crippen LogP contribution >= 0.6 is 0 Å². The van der Waals surface area contributed by atoms with Crippen molar-refractivity contribution in [2.75, 3.05) is 7.05 Å². The zero-order chi connectivity index (χ0) is 12.3. The highest BCUT2D eigenvalue weighted by atomic mass is 14.9. The van der Waals surface area contributed by atoms with E-state index in [0.717, 1.165) is 11.8 Å². The molecular formula is C16H25N. The van der Waals surface area contributed by atoms with Crippen LogP contribution in [0.15, 0.2) is 24.3 Å². The van der Waals surface area contributed by atoms with Gasteiger partial charge in [-0.15, -0.1) is 0 Å². The lowest BCUT2D eigenvalue weighted by Gasteiger charge is -2.23. The number of rotatable bonds is 5. The smallest absolute Gasteiger partial charge is 0.0352 e.